The summed E-state index contributed by atoms with van der Waals surface area (Å²) >= 11 is 0. The molecular formula is C43H33N3O. The highest BCUT2D eigenvalue weighted by molar-refractivity contribution is 6.16. The normalized spacial score (nSPS) is 11.4. The molecule has 0 N–H and O–H groups in total. The van der Waals surface area contributed by atoms with Crippen LogP contribution in [0.4, 0.5) is 0 Å². The first-order valence-electron chi connectivity index (χ1n) is 16.2. The van der Waals surface area contributed by atoms with Crippen molar-refractivity contribution in [1.82, 2.24) is 15.0 Å². The van der Waals surface area contributed by atoms with Gasteiger partial charge in [-0.05, 0) is 46.7 Å². The number of fused-ring (bicyclic) bond motifs is 3. The SMILES string of the molecule is CCc1ccccc1-c1c(CC)ccc2oc3c(-c4ccc(-c5nc(-c6ccccc6)nc(-c6ccccc6)n5)cc4)cccc3c12. The molecule has 2 heterocycles. The average Bonchev–Trinajstić information content (AvgIpc) is 3.54. The van der Waals surface area contributed by atoms with Gasteiger partial charge in [-0.1, -0.05) is 147 Å². The second-order valence-corrected chi connectivity index (χ2v) is 11.7. The van der Waals surface area contributed by atoms with E-state index in [1.165, 1.54) is 27.6 Å². The van der Waals surface area contributed by atoms with Gasteiger partial charge in [-0.15, -0.1) is 0 Å². The van der Waals surface area contributed by atoms with E-state index in [1.54, 1.807) is 0 Å². The molecule has 0 amide bonds. The van der Waals surface area contributed by atoms with Gasteiger partial charge in [-0.2, -0.15) is 0 Å². The van der Waals surface area contributed by atoms with Crippen molar-refractivity contribution < 1.29 is 4.42 Å². The van der Waals surface area contributed by atoms with Crippen molar-refractivity contribution in [2.24, 2.45) is 0 Å². The molecule has 226 valence electrons. The van der Waals surface area contributed by atoms with E-state index >= 15 is 0 Å². The fourth-order valence-corrected chi connectivity index (χ4v) is 6.57. The zero-order valence-electron chi connectivity index (χ0n) is 26.4. The van der Waals surface area contributed by atoms with Gasteiger partial charge in [-0.25, -0.2) is 15.0 Å². The van der Waals surface area contributed by atoms with Gasteiger partial charge in [0.25, 0.3) is 0 Å². The molecule has 47 heavy (non-hydrogen) atoms. The molecule has 4 nitrogen and oxygen atoms in total. The first-order valence-corrected chi connectivity index (χ1v) is 16.2. The van der Waals surface area contributed by atoms with Gasteiger partial charge >= 0.3 is 0 Å². The van der Waals surface area contributed by atoms with Gasteiger partial charge in [-0.3, -0.25) is 0 Å². The van der Waals surface area contributed by atoms with Crippen LogP contribution in [0.1, 0.15) is 25.0 Å². The zero-order valence-corrected chi connectivity index (χ0v) is 26.4. The third kappa shape index (κ3) is 5.18. The number of furan rings is 1. The number of para-hydroxylation sites is 1. The molecule has 6 aromatic carbocycles. The monoisotopic (exact) mass is 607 g/mol. The highest BCUT2D eigenvalue weighted by atomic mass is 16.3. The largest absolute Gasteiger partial charge is 0.455 e. The Bertz CT molecular complexity index is 2300. The Labute approximate surface area is 274 Å². The Kier molecular flexibility index (Phi) is 7.39. The molecule has 0 aliphatic carbocycles. The maximum Gasteiger partial charge on any atom is 0.164 e. The summed E-state index contributed by atoms with van der Waals surface area (Å²) in [6.07, 6.45) is 1.93. The van der Waals surface area contributed by atoms with E-state index in [0.29, 0.717) is 17.5 Å². The third-order valence-electron chi connectivity index (χ3n) is 8.95. The molecule has 0 saturated carbocycles. The average molecular weight is 608 g/mol. The minimum absolute atomic E-state index is 0.637. The standard InChI is InChI=1S/C43H33N3O/c1-3-28-14-11-12-19-34(28)38-29(4-2)26-27-37-39(38)36-21-13-20-35(40(36)47-37)30-22-24-33(25-23-30)43-45-41(31-15-7-5-8-16-31)44-42(46-43)32-17-9-6-10-18-32/h5-27H,3-4H2,1-2H3. The zero-order chi connectivity index (χ0) is 31.7. The van der Waals surface area contributed by atoms with E-state index in [2.05, 4.69) is 92.7 Å². The van der Waals surface area contributed by atoms with Crippen LogP contribution in [0, 0.1) is 0 Å². The van der Waals surface area contributed by atoms with Gasteiger partial charge in [0.15, 0.2) is 17.5 Å². The number of nitrogens with zero attached hydrogens (tertiary/aromatic N) is 3. The lowest BCUT2D eigenvalue weighted by atomic mass is 9.89. The predicted octanol–water partition coefficient (Wildman–Crippen LogP) is 11.2. The van der Waals surface area contributed by atoms with E-state index in [0.717, 1.165) is 57.2 Å². The lowest BCUT2D eigenvalue weighted by Crippen LogP contribution is -2.00. The molecule has 0 spiro atoms. The van der Waals surface area contributed by atoms with Crippen LogP contribution in [-0.4, -0.2) is 15.0 Å². The van der Waals surface area contributed by atoms with Crippen molar-refractivity contribution >= 4 is 21.9 Å². The van der Waals surface area contributed by atoms with Crippen LogP contribution in [0.25, 0.3) is 78.4 Å². The van der Waals surface area contributed by atoms with Gasteiger partial charge in [0, 0.05) is 33.0 Å². The molecule has 0 fully saturated rings. The Morgan fingerprint density at radius 1 is 0.447 bits per heavy atom. The van der Waals surface area contributed by atoms with Crippen molar-refractivity contribution in [2.75, 3.05) is 0 Å². The van der Waals surface area contributed by atoms with Crippen LogP contribution >= 0.6 is 0 Å². The molecule has 0 saturated heterocycles. The number of rotatable bonds is 7. The third-order valence-corrected chi connectivity index (χ3v) is 8.95. The molecule has 0 unspecified atom stereocenters. The highest BCUT2D eigenvalue weighted by Crippen LogP contribution is 2.43. The van der Waals surface area contributed by atoms with E-state index in [1.807, 2.05) is 60.7 Å². The lowest BCUT2D eigenvalue weighted by molar-refractivity contribution is 0.670. The molecule has 0 atom stereocenters. The molecule has 0 bridgehead atoms. The van der Waals surface area contributed by atoms with E-state index in [9.17, 15) is 0 Å². The van der Waals surface area contributed by atoms with E-state index in [-0.39, 0.29) is 0 Å². The van der Waals surface area contributed by atoms with Crippen LogP contribution < -0.4 is 0 Å². The summed E-state index contributed by atoms with van der Waals surface area (Å²) < 4.78 is 6.68. The Morgan fingerprint density at radius 3 is 1.60 bits per heavy atom. The van der Waals surface area contributed by atoms with Crippen molar-refractivity contribution in [3.63, 3.8) is 0 Å². The fourth-order valence-electron chi connectivity index (χ4n) is 6.57. The Hall–Kier alpha value is -5.87. The summed E-state index contributed by atoms with van der Waals surface area (Å²) in [6, 6.07) is 48.2. The lowest BCUT2D eigenvalue weighted by Gasteiger charge is -2.14. The van der Waals surface area contributed by atoms with Gasteiger partial charge in [0.05, 0.1) is 0 Å². The van der Waals surface area contributed by atoms with Gasteiger partial charge in [0.2, 0.25) is 0 Å². The summed E-state index contributed by atoms with van der Waals surface area (Å²) in [5.41, 5.74) is 12.0. The molecule has 8 aromatic rings. The van der Waals surface area contributed by atoms with E-state index in [4.69, 9.17) is 19.4 Å². The maximum absolute atomic E-state index is 6.68. The summed E-state index contributed by atoms with van der Waals surface area (Å²) in [7, 11) is 0. The minimum Gasteiger partial charge on any atom is -0.455 e. The van der Waals surface area contributed by atoms with Crippen LogP contribution in [-0.2, 0) is 12.8 Å². The highest BCUT2D eigenvalue weighted by Gasteiger charge is 2.20. The molecule has 0 radical (unpaired) electrons. The minimum atomic E-state index is 0.637. The van der Waals surface area contributed by atoms with Gasteiger partial charge < -0.3 is 4.42 Å². The van der Waals surface area contributed by atoms with Crippen LogP contribution in [0.5, 0.6) is 0 Å². The van der Waals surface area contributed by atoms with Crippen molar-refractivity contribution in [3.8, 4) is 56.4 Å². The number of aromatic nitrogens is 3. The number of aryl methyl sites for hydroxylation is 2. The smallest absolute Gasteiger partial charge is 0.164 e. The Balaban J connectivity index is 1.25. The quantitative estimate of drug-likeness (QED) is 0.181. The van der Waals surface area contributed by atoms with Crippen LogP contribution in [0.15, 0.2) is 144 Å². The molecule has 4 heteroatoms. The molecule has 8 rings (SSSR count). The number of hydrogen-bond acceptors (Lipinski definition) is 4. The van der Waals surface area contributed by atoms with Gasteiger partial charge in [0.1, 0.15) is 11.2 Å². The van der Waals surface area contributed by atoms with Crippen molar-refractivity contribution in [2.45, 2.75) is 26.7 Å². The molecular weight excluding hydrogens is 574 g/mol. The fraction of sp³-hybridized carbons (Fsp3) is 0.0930. The van der Waals surface area contributed by atoms with Crippen molar-refractivity contribution in [3.05, 3.63) is 151 Å². The van der Waals surface area contributed by atoms with Crippen LogP contribution in [0.2, 0.25) is 0 Å². The maximum atomic E-state index is 6.68. The number of hydrogen-bond donors (Lipinski definition) is 0. The molecule has 2 aromatic heterocycles. The van der Waals surface area contributed by atoms with E-state index < -0.39 is 0 Å². The Morgan fingerprint density at radius 2 is 0.979 bits per heavy atom. The van der Waals surface area contributed by atoms with Crippen molar-refractivity contribution in [1.29, 1.82) is 0 Å². The summed E-state index contributed by atoms with van der Waals surface area (Å²) in [4.78, 5) is 14.7. The summed E-state index contributed by atoms with van der Waals surface area (Å²) in [6.45, 7) is 4.45. The second kappa shape index (κ2) is 12.1. The second-order valence-electron chi connectivity index (χ2n) is 11.7. The topological polar surface area (TPSA) is 51.8 Å². The number of benzene rings is 6. The summed E-state index contributed by atoms with van der Waals surface area (Å²) in [5, 5.41) is 2.32. The first-order chi connectivity index (χ1) is 23.2. The van der Waals surface area contributed by atoms with Crippen LogP contribution in [0.3, 0.4) is 0 Å². The molecule has 0 aliphatic heterocycles. The predicted molar refractivity (Wildman–Crippen MR) is 193 cm³/mol. The summed E-state index contributed by atoms with van der Waals surface area (Å²) in [5.74, 6) is 1.94. The molecule has 0 aliphatic rings. The first kappa shape index (κ1) is 28.6.